The van der Waals surface area contributed by atoms with Gasteiger partial charge in [-0.3, -0.25) is 4.79 Å². The van der Waals surface area contributed by atoms with E-state index in [0.29, 0.717) is 23.5 Å². The summed E-state index contributed by atoms with van der Waals surface area (Å²) < 4.78 is 5.53. The SMILES string of the molecule is CCC1CCC(C)N1C(=O)COc1ccc(N)cc1. The van der Waals surface area contributed by atoms with Crippen molar-refractivity contribution in [1.82, 2.24) is 4.90 Å². The van der Waals surface area contributed by atoms with Gasteiger partial charge >= 0.3 is 0 Å². The first-order chi connectivity index (χ1) is 9.11. The summed E-state index contributed by atoms with van der Waals surface area (Å²) >= 11 is 0. The first-order valence-electron chi connectivity index (χ1n) is 6.91. The Hall–Kier alpha value is -1.71. The van der Waals surface area contributed by atoms with Crippen LogP contribution in [0, 0.1) is 0 Å². The molecule has 0 saturated carbocycles. The summed E-state index contributed by atoms with van der Waals surface area (Å²) in [5.74, 6) is 0.760. The normalized spacial score (nSPS) is 22.5. The summed E-state index contributed by atoms with van der Waals surface area (Å²) in [6, 6.07) is 7.81. The van der Waals surface area contributed by atoms with Crippen molar-refractivity contribution in [3.05, 3.63) is 24.3 Å². The van der Waals surface area contributed by atoms with Crippen molar-refractivity contribution < 1.29 is 9.53 Å². The van der Waals surface area contributed by atoms with Crippen LogP contribution in [0.4, 0.5) is 5.69 Å². The Morgan fingerprint density at radius 3 is 2.68 bits per heavy atom. The van der Waals surface area contributed by atoms with Gasteiger partial charge in [-0.15, -0.1) is 0 Å². The maximum absolute atomic E-state index is 12.2. The van der Waals surface area contributed by atoms with E-state index in [9.17, 15) is 4.79 Å². The van der Waals surface area contributed by atoms with Gasteiger partial charge in [0.25, 0.3) is 5.91 Å². The highest BCUT2D eigenvalue weighted by Crippen LogP contribution is 2.26. The predicted molar refractivity (Wildman–Crippen MR) is 76.0 cm³/mol. The molecule has 1 fully saturated rings. The monoisotopic (exact) mass is 262 g/mol. The quantitative estimate of drug-likeness (QED) is 0.848. The molecule has 4 heteroatoms. The highest BCUT2D eigenvalue weighted by molar-refractivity contribution is 5.78. The maximum Gasteiger partial charge on any atom is 0.260 e. The number of nitrogen functional groups attached to an aromatic ring is 1. The molecule has 1 aliphatic rings. The third kappa shape index (κ3) is 3.19. The molecule has 1 aromatic rings. The van der Waals surface area contributed by atoms with E-state index in [2.05, 4.69) is 13.8 Å². The van der Waals surface area contributed by atoms with Crippen LogP contribution in [-0.4, -0.2) is 29.5 Å². The van der Waals surface area contributed by atoms with Crippen molar-refractivity contribution in [2.24, 2.45) is 0 Å². The topological polar surface area (TPSA) is 55.6 Å². The van der Waals surface area contributed by atoms with Crippen LogP contribution in [0.15, 0.2) is 24.3 Å². The maximum atomic E-state index is 12.2. The lowest BCUT2D eigenvalue weighted by molar-refractivity contribution is -0.136. The molecule has 1 aliphatic heterocycles. The van der Waals surface area contributed by atoms with E-state index in [1.807, 2.05) is 4.90 Å². The molecule has 2 atom stereocenters. The minimum Gasteiger partial charge on any atom is -0.484 e. The van der Waals surface area contributed by atoms with Gasteiger partial charge in [-0.2, -0.15) is 0 Å². The number of carbonyl (C=O) groups excluding carboxylic acids is 1. The van der Waals surface area contributed by atoms with E-state index in [4.69, 9.17) is 10.5 Å². The number of anilines is 1. The number of nitrogens with zero attached hydrogens (tertiary/aromatic N) is 1. The van der Waals surface area contributed by atoms with E-state index < -0.39 is 0 Å². The number of carbonyl (C=O) groups is 1. The van der Waals surface area contributed by atoms with Crippen LogP contribution in [0.3, 0.4) is 0 Å². The fourth-order valence-electron chi connectivity index (χ4n) is 2.71. The van der Waals surface area contributed by atoms with E-state index in [1.165, 1.54) is 0 Å². The highest BCUT2D eigenvalue weighted by Gasteiger charge is 2.32. The van der Waals surface area contributed by atoms with E-state index in [1.54, 1.807) is 24.3 Å². The first-order valence-corrected chi connectivity index (χ1v) is 6.91. The summed E-state index contributed by atoms with van der Waals surface area (Å²) in [6.07, 6.45) is 3.20. The molecule has 0 aromatic heterocycles. The van der Waals surface area contributed by atoms with Crippen LogP contribution in [0.2, 0.25) is 0 Å². The number of hydrogen-bond acceptors (Lipinski definition) is 3. The predicted octanol–water partition coefficient (Wildman–Crippen LogP) is 2.44. The molecule has 0 aliphatic carbocycles. The zero-order valence-electron chi connectivity index (χ0n) is 11.6. The molecule has 1 heterocycles. The summed E-state index contributed by atoms with van der Waals surface area (Å²) in [5, 5.41) is 0. The second-order valence-electron chi connectivity index (χ2n) is 5.15. The number of nitrogens with two attached hydrogens (primary N) is 1. The Balaban J connectivity index is 1.92. The van der Waals surface area contributed by atoms with Crippen molar-refractivity contribution in [2.45, 2.75) is 45.2 Å². The average Bonchev–Trinajstić information content (AvgIpc) is 2.79. The molecule has 4 nitrogen and oxygen atoms in total. The minimum atomic E-state index is 0.0775. The zero-order chi connectivity index (χ0) is 13.8. The Morgan fingerprint density at radius 1 is 1.37 bits per heavy atom. The molecular formula is C15H22N2O2. The van der Waals surface area contributed by atoms with Gasteiger partial charge in [-0.05, 0) is 50.5 Å². The minimum absolute atomic E-state index is 0.0775. The molecule has 2 unspecified atom stereocenters. The molecular weight excluding hydrogens is 240 g/mol. The Bertz CT molecular complexity index is 430. The zero-order valence-corrected chi connectivity index (χ0v) is 11.6. The summed E-state index contributed by atoms with van der Waals surface area (Å²) in [4.78, 5) is 14.2. The van der Waals surface area contributed by atoms with Crippen molar-refractivity contribution in [3.63, 3.8) is 0 Å². The van der Waals surface area contributed by atoms with Gasteiger partial charge in [0, 0.05) is 17.8 Å². The van der Waals surface area contributed by atoms with Crippen molar-refractivity contribution >= 4 is 11.6 Å². The van der Waals surface area contributed by atoms with Gasteiger partial charge in [0.1, 0.15) is 5.75 Å². The Morgan fingerprint density at radius 2 is 2.05 bits per heavy atom. The van der Waals surface area contributed by atoms with Crippen molar-refractivity contribution in [1.29, 1.82) is 0 Å². The smallest absolute Gasteiger partial charge is 0.260 e. The molecule has 104 valence electrons. The van der Waals surface area contributed by atoms with Crippen molar-refractivity contribution in [3.8, 4) is 5.75 Å². The molecule has 2 rings (SSSR count). The third-order valence-electron chi connectivity index (χ3n) is 3.79. The average molecular weight is 262 g/mol. The highest BCUT2D eigenvalue weighted by atomic mass is 16.5. The van der Waals surface area contributed by atoms with Crippen LogP contribution in [0.1, 0.15) is 33.1 Å². The molecule has 0 bridgehead atoms. The second-order valence-corrected chi connectivity index (χ2v) is 5.15. The number of hydrogen-bond donors (Lipinski definition) is 1. The molecule has 19 heavy (non-hydrogen) atoms. The second kappa shape index (κ2) is 5.95. The first kappa shape index (κ1) is 13.7. The summed E-state index contributed by atoms with van der Waals surface area (Å²) in [5.41, 5.74) is 6.30. The van der Waals surface area contributed by atoms with Gasteiger partial charge in [-0.25, -0.2) is 0 Å². The third-order valence-corrected chi connectivity index (χ3v) is 3.79. The van der Waals surface area contributed by atoms with E-state index in [0.717, 1.165) is 19.3 Å². The lowest BCUT2D eigenvalue weighted by Crippen LogP contribution is -2.42. The standard InChI is InChI=1S/C15H22N2O2/c1-3-13-7-4-11(2)17(13)15(18)10-19-14-8-5-12(16)6-9-14/h5-6,8-9,11,13H,3-4,7,10,16H2,1-2H3. The van der Waals surface area contributed by atoms with Gasteiger partial charge < -0.3 is 15.4 Å². The molecule has 0 radical (unpaired) electrons. The van der Waals surface area contributed by atoms with E-state index in [-0.39, 0.29) is 12.5 Å². The fourth-order valence-corrected chi connectivity index (χ4v) is 2.71. The summed E-state index contributed by atoms with van der Waals surface area (Å²) in [6.45, 7) is 4.34. The molecule has 2 N–H and O–H groups in total. The lowest BCUT2D eigenvalue weighted by Gasteiger charge is -2.27. The largest absolute Gasteiger partial charge is 0.484 e. The van der Waals surface area contributed by atoms with Gasteiger partial charge in [0.05, 0.1) is 0 Å². The summed E-state index contributed by atoms with van der Waals surface area (Å²) in [7, 11) is 0. The van der Waals surface area contributed by atoms with Gasteiger partial charge in [0.2, 0.25) is 0 Å². The van der Waals surface area contributed by atoms with Crippen LogP contribution < -0.4 is 10.5 Å². The molecule has 0 spiro atoms. The van der Waals surface area contributed by atoms with Crippen LogP contribution in [-0.2, 0) is 4.79 Å². The number of ether oxygens (including phenoxy) is 1. The Kier molecular flexibility index (Phi) is 4.30. The number of rotatable bonds is 4. The van der Waals surface area contributed by atoms with Gasteiger partial charge in [0.15, 0.2) is 6.61 Å². The van der Waals surface area contributed by atoms with Crippen LogP contribution >= 0.6 is 0 Å². The van der Waals surface area contributed by atoms with Crippen LogP contribution in [0.5, 0.6) is 5.75 Å². The fraction of sp³-hybridized carbons (Fsp3) is 0.533. The molecule has 1 amide bonds. The van der Waals surface area contributed by atoms with Crippen molar-refractivity contribution in [2.75, 3.05) is 12.3 Å². The number of likely N-dealkylation sites (tertiary alicyclic amines) is 1. The van der Waals surface area contributed by atoms with E-state index >= 15 is 0 Å². The Labute approximate surface area is 114 Å². The van der Waals surface area contributed by atoms with Gasteiger partial charge in [-0.1, -0.05) is 6.92 Å². The number of amides is 1. The molecule has 1 aromatic carbocycles. The van der Waals surface area contributed by atoms with Crippen LogP contribution in [0.25, 0.3) is 0 Å². The lowest BCUT2D eigenvalue weighted by atomic mass is 10.1. The number of benzene rings is 1. The molecule has 1 saturated heterocycles.